The summed E-state index contributed by atoms with van der Waals surface area (Å²) < 4.78 is 5.39. The van der Waals surface area contributed by atoms with Gasteiger partial charge >= 0.3 is 0 Å². The molecule has 0 bridgehead atoms. The molecule has 1 aliphatic rings. The molecule has 1 fully saturated rings. The second-order valence-electron chi connectivity index (χ2n) is 7.09. The van der Waals surface area contributed by atoms with Crippen LogP contribution in [-0.2, 0) is 6.42 Å². The van der Waals surface area contributed by atoms with Crippen molar-refractivity contribution in [2.24, 2.45) is 0 Å². The van der Waals surface area contributed by atoms with E-state index in [9.17, 15) is 4.79 Å². The van der Waals surface area contributed by atoms with Crippen molar-refractivity contribution >= 4 is 5.91 Å². The highest BCUT2D eigenvalue weighted by molar-refractivity contribution is 5.92. The normalized spacial score (nSPS) is 15.1. The zero-order chi connectivity index (χ0) is 19.3. The number of nitrogens with one attached hydrogen (secondary N) is 1. The Hall–Kier alpha value is -3.00. The fourth-order valence-corrected chi connectivity index (χ4v) is 3.35. The maximum Gasteiger partial charge on any atom is 0.271 e. The fraction of sp³-hybridized carbons (Fsp3) is 0.400. The monoisotopic (exact) mass is 380 g/mol. The van der Waals surface area contributed by atoms with Gasteiger partial charge in [-0.25, -0.2) is 0 Å². The van der Waals surface area contributed by atoms with Crippen molar-refractivity contribution in [1.82, 2.24) is 30.1 Å². The minimum Gasteiger partial charge on any atom is -0.339 e. The summed E-state index contributed by atoms with van der Waals surface area (Å²) in [7, 11) is 0. The number of nitrogens with zero attached hydrogens (tertiary/aromatic N) is 5. The lowest BCUT2D eigenvalue weighted by Gasteiger charge is -2.34. The predicted octanol–water partition coefficient (Wildman–Crippen LogP) is 2.16. The molecule has 1 saturated heterocycles. The third-order valence-electron chi connectivity index (χ3n) is 5.03. The van der Waals surface area contributed by atoms with E-state index < -0.39 is 0 Å². The van der Waals surface area contributed by atoms with Crippen LogP contribution in [0.3, 0.4) is 0 Å². The van der Waals surface area contributed by atoms with E-state index in [0.717, 1.165) is 51.1 Å². The Balaban J connectivity index is 1.21. The standard InChI is InChI=1S/C20H24N6O2/c1-15-4-6-16(7-5-15)19-22-18(28-24-19)3-2-10-25-11-13-26(14-12-25)20(27)17-8-9-21-23-17/h4-9H,2-3,10-14H2,1H3,(H,21,23). The van der Waals surface area contributed by atoms with Crippen LogP contribution in [0.2, 0.25) is 0 Å². The molecule has 28 heavy (non-hydrogen) atoms. The summed E-state index contributed by atoms with van der Waals surface area (Å²) in [5.74, 6) is 1.33. The summed E-state index contributed by atoms with van der Waals surface area (Å²) >= 11 is 0. The van der Waals surface area contributed by atoms with Crippen LogP contribution >= 0.6 is 0 Å². The number of hydrogen-bond acceptors (Lipinski definition) is 6. The number of H-pyrrole nitrogens is 1. The van der Waals surface area contributed by atoms with Crippen molar-refractivity contribution in [2.75, 3.05) is 32.7 Å². The molecule has 0 spiro atoms. The molecule has 0 unspecified atom stereocenters. The minimum absolute atomic E-state index is 0.0200. The molecule has 1 N–H and O–H groups in total. The maximum atomic E-state index is 12.3. The number of aromatic nitrogens is 4. The van der Waals surface area contributed by atoms with Gasteiger partial charge in [0.15, 0.2) is 0 Å². The molecule has 1 aliphatic heterocycles. The molecule has 8 heteroatoms. The number of carbonyl (C=O) groups excluding carboxylic acids is 1. The van der Waals surface area contributed by atoms with Gasteiger partial charge in [-0.05, 0) is 26.0 Å². The van der Waals surface area contributed by atoms with Crippen LogP contribution in [0.4, 0.5) is 0 Å². The van der Waals surface area contributed by atoms with E-state index in [4.69, 9.17) is 4.52 Å². The molecule has 1 aromatic carbocycles. The number of hydrogen-bond donors (Lipinski definition) is 1. The number of piperazine rings is 1. The smallest absolute Gasteiger partial charge is 0.271 e. The highest BCUT2D eigenvalue weighted by atomic mass is 16.5. The van der Waals surface area contributed by atoms with Gasteiger partial charge in [-0.15, -0.1) is 0 Å². The second-order valence-corrected chi connectivity index (χ2v) is 7.09. The molecule has 0 aliphatic carbocycles. The molecule has 4 rings (SSSR count). The summed E-state index contributed by atoms with van der Waals surface area (Å²) in [5.41, 5.74) is 2.73. The van der Waals surface area contributed by atoms with Gasteiger partial charge in [0.25, 0.3) is 5.91 Å². The average molecular weight is 380 g/mol. The second kappa shape index (κ2) is 8.35. The predicted molar refractivity (Wildman–Crippen MR) is 104 cm³/mol. The number of rotatable bonds is 6. The van der Waals surface area contributed by atoms with Gasteiger partial charge in [0.1, 0.15) is 5.69 Å². The molecule has 3 heterocycles. The van der Waals surface area contributed by atoms with Gasteiger partial charge in [-0.3, -0.25) is 14.8 Å². The third-order valence-corrected chi connectivity index (χ3v) is 5.03. The molecule has 2 aromatic heterocycles. The molecule has 0 saturated carbocycles. The quantitative estimate of drug-likeness (QED) is 0.705. The number of amides is 1. The Morgan fingerprint density at radius 1 is 1.14 bits per heavy atom. The van der Waals surface area contributed by atoms with Gasteiger partial charge in [0.05, 0.1) is 0 Å². The van der Waals surface area contributed by atoms with Crippen molar-refractivity contribution in [2.45, 2.75) is 19.8 Å². The summed E-state index contributed by atoms with van der Waals surface area (Å²) in [4.78, 5) is 21.1. The van der Waals surface area contributed by atoms with Crippen LogP contribution in [-0.4, -0.2) is 68.8 Å². The molecular formula is C20H24N6O2. The number of aryl methyl sites for hydroxylation is 2. The highest BCUT2D eigenvalue weighted by Crippen LogP contribution is 2.17. The lowest BCUT2D eigenvalue weighted by Crippen LogP contribution is -2.49. The lowest BCUT2D eigenvalue weighted by atomic mass is 10.1. The van der Waals surface area contributed by atoms with E-state index in [1.54, 1.807) is 12.3 Å². The van der Waals surface area contributed by atoms with Crippen molar-refractivity contribution in [3.05, 3.63) is 53.7 Å². The van der Waals surface area contributed by atoms with Crippen LogP contribution in [0, 0.1) is 6.92 Å². The van der Waals surface area contributed by atoms with Crippen molar-refractivity contribution in [3.8, 4) is 11.4 Å². The largest absolute Gasteiger partial charge is 0.339 e. The molecule has 3 aromatic rings. The number of benzene rings is 1. The Morgan fingerprint density at radius 2 is 1.93 bits per heavy atom. The first-order valence-electron chi connectivity index (χ1n) is 9.60. The Labute approximate surface area is 163 Å². The first-order chi connectivity index (χ1) is 13.7. The maximum absolute atomic E-state index is 12.3. The Morgan fingerprint density at radius 3 is 2.64 bits per heavy atom. The van der Waals surface area contributed by atoms with Crippen LogP contribution in [0.25, 0.3) is 11.4 Å². The van der Waals surface area contributed by atoms with Crippen molar-refractivity contribution in [1.29, 1.82) is 0 Å². The van der Waals surface area contributed by atoms with Gasteiger partial charge < -0.3 is 9.42 Å². The first-order valence-corrected chi connectivity index (χ1v) is 9.60. The summed E-state index contributed by atoms with van der Waals surface area (Å²) in [5, 5.41) is 10.7. The van der Waals surface area contributed by atoms with Crippen LogP contribution in [0.15, 0.2) is 41.1 Å². The van der Waals surface area contributed by atoms with Gasteiger partial charge in [0, 0.05) is 44.4 Å². The van der Waals surface area contributed by atoms with E-state index >= 15 is 0 Å². The van der Waals surface area contributed by atoms with Crippen molar-refractivity contribution in [3.63, 3.8) is 0 Å². The zero-order valence-electron chi connectivity index (χ0n) is 16.0. The van der Waals surface area contributed by atoms with Crippen LogP contribution in [0.1, 0.15) is 28.4 Å². The third kappa shape index (κ3) is 4.28. The SMILES string of the molecule is Cc1ccc(-c2noc(CCCN3CCN(C(=O)c4ccn[nH]4)CC3)n2)cc1. The van der Waals surface area contributed by atoms with E-state index in [0.29, 0.717) is 17.4 Å². The van der Waals surface area contributed by atoms with Crippen LogP contribution < -0.4 is 0 Å². The molecule has 8 nitrogen and oxygen atoms in total. The first kappa shape index (κ1) is 18.4. The molecule has 146 valence electrons. The lowest BCUT2D eigenvalue weighted by molar-refractivity contribution is 0.0630. The van der Waals surface area contributed by atoms with E-state index in [-0.39, 0.29) is 5.91 Å². The van der Waals surface area contributed by atoms with Crippen molar-refractivity contribution < 1.29 is 9.32 Å². The Bertz CT molecular complexity index is 895. The van der Waals surface area contributed by atoms with E-state index in [1.807, 2.05) is 29.2 Å². The minimum atomic E-state index is 0.0200. The van der Waals surface area contributed by atoms with Gasteiger partial charge in [0.2, 0.25) is 11.7 Å². The number of carbonyl (C=O) groups is 1. The molecule has 1 amide bonds. The fourth-order valence-electron chi connectivity index (χ4n) is 3.35. The summed E-state index contributed by atoms with van der Waals surface area (Å²) in [6.45, 7) is 6.22. The Kier molecular flexibility index (Phi) is 5.48. The summed E-state index contributed by atoms with van der Waals surface area (Å²) in [6.07, 6.45) is 3.31. The molecule has 0 atom stereocenters. The van der Waals surface area contributed by atoms with Gasteiger partial charge in [-0.2, -0.15) is 10.1 Å². The number of aromatic amines is 1. The van der Waals surface area contributed by atoms with E-state index in [1.165, 1.54) is 5.56 Å². The average Bonchev–Trinajstić information content (AvgIpc) is 3.41. The molecule has 0 radical (unpaired) electrons. The summed E-state index contributed by atoms with van der Waals surface area (Å²) in [6, 6.07) is 9.82. The van der Waals surface area contributed by atoms with Gasteiger partial charge in [-0.1, -0.05) is 35.0 Å². The molecular weight excluding hydrogens is 356 g/mol. The highest BCUT2D eigenvalue weighted by Gasteiger charge is 2.22. The van der Waals surface area contributed by atoms with Crippen LogP contribution in [0.5, 0.6) is 0 Å². The topological polar surface area (TPSA) is 91.2 Å². The zero-order valence-corrected chi connectivity index (χ0v) is 16.0. The van der Waals surface area contributed by atoms with E-state index in [2.05, 4.69) is 32.2 Å².